The molecule has 1 N–H and O–H groups in total. The van der Waals surface area contributed by atoms with E-state index in [2.05, 4.69) is 20.3 Å². The van der Waals surface area contributed by atoms with Crippen LogP contribution in [0.15, 0.2) is 12.1 Å². The highest BCUT2D eigenvalue weighted by Crippen LogP contribution is 2.26. The van der Waals surface area contributed by atoms with E-state index in [1.165, 1.54) is 12.1 Å². The Morgan fingerprint density at radius 2 is 1.90 bits per heavy atom. The Balaban J connectivity index is 2.59. The third-order valence-electron chi connectivity index (χ3n) is 2.73. The quantitative estimate of drug-likeness (QED) is 0.918. The van der Waals surface area contributed by atoms with Gasteiger partial charge >= 0.3 is 6.01 Å². The maximum Gasteiger partial charge on any atom is 0.321 e. The monoisotopic (exact) mass is 294 g/mol. The van der Waals surface area contributed by atoms with E-state index in [1.54, 1.807) is 13.8 Å². The van der Waals surface area contributed by atoms with Gasteiger partial charge in [0.05, 0.1) is 12.2 Å². The van der Waals surface area contributed by atoms with Crippen LogP contribution in [-0.4, -0.2) is 28.1 Å². The van der Waals surface area contributed by atoms with Crippen molar-refractivity contribution in [3.63, 3.8) is 0 Å². The van der Waals surface area contributed by atoms with Gasteiger partial charge in [0.25, 0.3) is 0 Å². The Kier molecular flexibility index (Phi) is 4.62. The molecule has 0 radical (unpaired) electrons. The molecule has 112 valence electrons. The minimum absolute atomic E-state index is 0.0266. The lowest BCUT2D eigenvalue weighted by molar-refractivity contribution is 0.312. The third-order valence-corrected chi connectivity index (χ3v) is 2.73. The lowest BCUT2D eigenvalue weighted by Gasteiger charge is -2.10. The fourth-order valence-electron chi connectivity index (χ4n) is 1.76. The molecule has 1 aromatic carbocycles. The van der Waals surface area contributed by atoms with Gasteiger partial charge in [0.1, 0.15) is 11.6 Å². The zero-order valence-corrected chi connectivity index (χ0v) is 12.1. The maximum absolute atomic E-state index is 14.2. The molecule has 0 aliphatic heterocycles. The maximum atomic E-state index is 14.2. The van der Waals surface area contributed by atoms with Crippen LogP contribution in [0.25, 0.3) is 11.4 Å². The highest BCUT2D eigenvalue weighted by Gasteiger charge is 2.18. The van der Waals surface area contributed by atoms with Gasteiger partial charge in [0, 0.05) is 6.54 Å². The summed E-state index contributed by atoms with van der Waals surface area (Å²) in [5, 5.41) is 2.88. The summed E-state index contributed by atoms with van der Waals surface area (Å²) in [5.41, 5.74) is 0.0345. The van der Waals surface area contributed by atoms with Gasteiger partial charge in [-0.2, -0.15) is 15.0 Å². The van der Waals surface area contributed by atoms with Crippen molar-refractivity contribution in [3.8, 4) is 17.4 Å². The first-order valence-electron chi connectivity index (χ1n) is 6.64. The summed E-state index contributed by atoms with van der Waals surface area (Å²) in [7, 11) is 0. The SMILES string of the molecule is CCNc1nc(OCC)nc(-c2c(F)ccc(C)c2F)n1. The van der Waals surface area contributed by atoms with E-state index in [0.29, 0.717) is 18.7 Å². The Labute approximate surface area is 121 Å². The van der Waals surface area contributed by atoms with Crippen LogP contribution >= 0.6 is 0 Å². The first kappa shape index (κ1) is 15.1. The summed E-state index contributed by atoms with van der Waals surface area (Å²) in [6, 6.07) is 2.58. The molecule has 7 heteroatoms. The number of benzene rings is 1. The summed E-state index contributed by atoms with van der Waals surface area (Å²) in [5.74, 6) is -1.30. The van der Waals surface area contributed by atoms with E-state index < -0.39 is 11.6 Å². The molecule has 1 heterocycles. The Hall–Kier alpha value is -2.31. The van der Waals surface area contributed by atoms with Crippen molar-refractivity contribution in [2.45, 2.75) is 20.8 Å². The van der Waals surface area contributed by atoms with Crippen molar-refractivity contribution in [1.82, 2.24) is 15.0 Å². The molecule has 0 aliphatic carbocycles. The standard InChI is InChI=1S/C14H16F2N4O/c1-4-17-13-18-12(19-14(20-13)21-5-2)10-9(15)7-6-8(3)11(10)16/h6-7H,4-5H2,1-3H3,(H,17,18,19,20). The molecule has 0 aliphatic rings. The number of aryl methyl sites for hydroxylation is 1. The predicted octanol–water partition coefficient (Wildman–Crippen LogP) is 2.96. The molecule has 0 fully saturated rings. The van der Waals surface area contributed by atoms with Crippen LogP contribution in [0.3, 0.4) is 0 Å². The summed E-state index contributed by atoms with van der Waals surface area (Å²) >= 11 is 0. The highest BCUT2D eigenvalue weighted by atomic mass is 19.1. The Morgan fingerprint density at radius 3 is 2.57 bits per heavy atom. The molecule has 2 rings (SSSR count). The molecular weight excluding hydrogens is 278 g/mol. The average Bonchev–Trinajstić information content (AvgIpc) is 2.44. The van der Waals surface area contributed by atoms with Crippen LogP contribution in [0.1, 0.15) is 19.4 Å². The van der Waals surface area contributed by atoms with Gasteiger partial charge in [-0.25, -0.2) is 8.78 Å². The molecule has 0 bridgehead atoms. The molecule has 0 saturated heterocycles. The molecule has 0 saturated carbocycles. The van der Waals surface area contributed by atoms with E-state index in [4.69, 9.17) is 4.74 Å². The van der Waals surface area contributed by atoms with Crippen molar-refractivity contribution in [2.75, 3.05) is 18.5 Å². The molecule has 5 nitrogen and oxygen atoms in total. The predicted molar refractivity (Wildman–Crippen MR) is 75.2 cm³/mol. The van der Waals surface area contributed by atoms with E-state index in [-0.39, 0.29) is 23.3 Å². The zero-order chi connectivity index (χ0) is 15.4. The van der Waals surface area contributed by atoms with Crippen molar-refractivity contribution in [3.05, 3.63) is 29.3 Å². The minimum atomic E-state index is -0.728. The molecular formula is C14H16F2N4O. The largest absolute Gasteiger partial charge is 0.464 e. The van der Waals surface area contributed by atoms with Crippen LogP contribution in [-0.2, 0) is 0 Å². The zero-order valence-electron chi connectivity index (χ0n) is 12.1. The molecule has 0 amide bonds. The minimum Gasteiger partial charge on any atom is -0.464 e. The summed E-state index contributed by atoms with van der Waals surface area (Å²) in [6.45, 7) is 6.08. The summed E-state index contributed by atoms with van der Waals surface area (Å²) in [6.07, 6.45) is 0. The van der Waals surface area contributed by atoms with E-state index in [0.717, 1.165) is 0 Å². The number of aromatic nitrogens is 3. The molecule has 1 aromatic heterocycles. The van der Waals surface area contributed by atoms with Crippen LogP contribution in [0.2, 0.25) is 0 Å². The van der Waals surface area contributed by atoms with Gasteiger partial charge < -0.3 is 10.1 Å². The van der Waals surface area contributed by atoms with Crippen LogP contribution in [0, 0.1) is 18.6 Å². The number of hydrogen-bond acceptors (Lipinski definition) is 5. The molecule has 0 unspecified atom stereocenters. The van der Waals surface area contributed by atoms with E-state index in [1.807, 2.05) is 6.92 Å². The highest BCUT2D eigenvalue weighted by molar-refractivity contribution is 5.59. The van der Waals surface area contributed by atoms with Gasteiger partial charge in [0.2, 0.25) is 5.95 Å². The fraction of sp³-hybridized carbons (Fsp3) is 0.357. The molecule has 2 aromatic rings. The topological polar surface area (TPSA) is 59.9 Å². The second kappa shape index (κ2) is 6.43. The first-order valence-corrected chi connectivity index (χ1v) is 6.64. The van der Waals surface area contributed by atoms with Crippen LogP contribution in [0.5, 0.6) is 6.01 Å². The average molecular weight is 294 g/mol. The first-order chi connectivity index (χ1) is 10.1. The number of halogens is 2. The number of anilines is 1. The van der Waals surface area contributed by atoms with Crippen molar-refractivity contribution in [2.24, 2.45) is 0 Å². The van der Waals surface area contributed by atoms with Gasteiger partial charge in [-0.05, 0) is 32.4 Å². The summed E-state index contributed by atoms with van der Waals surface area (Å²) in [4.78, 5) is 12.0. The van der Waals surface area contributed by atoms with E-state index in [9.17, 15) is 8.78 Å². The molecule has 21 heavy (non-hydrogen) atoms. The van der Waals surface area contributed by atoms with Gasteiger partial charge in [-0.1, -0.05) is 6.07 Å². The molecule has 0 atom stereocenters. The third kappa shape index (κ3) is 3.24. The van der Waals surface area contributed by atoms with Crippen molar-refractivity contribution in [1.29, 1.82) is 0 Å². The summed E-state index contributed by atoms with van der Waals surface area (Å²) < 4.78 is 33.3. The van der Waals surface area contributed by atoms with E-state index >= 15 is 0 Å². The molecule has 0 spiro atoms. The lowest BCUT2D eigenvalue weighted by Crippen LogP contribution is -2.09. The van der Waals surface area contributed by atoms with Gasteiger partial charge in [0.15, 0.2) is 5.82 Å². The van der Waals surface area contributed by atoms with Gasteiger partial charge in [-0.3, -0.25) is 0 Å². The lowest BCUT2D eigenvalue weighted by atomic mass is 10.1. The smallest absolute Gasteiger partial charge is 0.321 e. The number of nitrogens with zero attached hydrogens (tertiary/aromatic N) is 3. The number of nitrogens with one attached hydrogen (secondary N) is 1. The number of rotatable bonds is 5. The van der Waals surface area contributed by atoms with Crippen molar-refractivity contribution >= 4 is 5.95 Å². The second-order valence-corrected chi connectivity index (χ2v) is 4.28. The Morgan fingerprint density at radius 1 is 1.14 bits per heavy atom. The van der Waals surface area contributed by atoms with Crippen molar-refractivity contribution < 1.29 is 13.5 Å². The van der Waals surface area contributed by atoms with Crippen LogP contribution in [0.4, 0.5) is 14.7 Å². The number of ether oxygens (including phenoxy) is 1. The van der Waals surface area contributed by atoms with Gasteiger partial charge in [-0.15, -0.1) is 0 Å². The van der Waals surface area contributed by atoms with Crippen LogP contribution < -0.4 is 10.1 Å². The normalized spacial score (nSPS) is 10.5. The second-order valence-electron chi connectivity index (χ2n) is 4.28. The Bertz CT molecular complexity index is 625. The fourth-order valence-corrected chi connectivity index (χ4v) is 1.76. The number of hydrogen-bond donors (Lipinski definition) is 1.